The lowest BCUT2D eigenvalue weighted by atomic mass is 9.84. The Morgan fingerprint density at radius 1 is 1.33 bits per heavy atom. The Hall–Kier alpha value is -2.04. The molecule has 0 aliphatic heterocycles. The van der Waals surface area contributed by atoms with Crippen molar-refractivity contribution in [3.63, 3.8) is 0 Å². The third-order valence-corrected chi connectivity index (χ3v) is 4.73. The first-order valence-corrected chi connectivity index (χ1v) is 7.58. The van der Waals surface area contributed by atoms with Gasteiger partial charge in [-0.15, -0.1) is 0 Å². The van der Waals surface area contributed by atoms with Crippen LogP contribution in [-0.2, 0) is 0 Å². The van der Waals surface area contributed by atoms with Crippen LogP contribution in [0.5, 0.6) is 0 Å². The summed E-state index contributed by atoms with van der Waals surface area (Å²) in [7, 11) is 0. The van der Waals surface area contributed by atoms with Gasteiger partial charge in [0.1, 0.15) is 0 Å². The molecule has 1 aliphatic carbocycles. The quantitative estimate of drug-likeness (QED) is 0.911. The number of aromatic amines is 1. The smallest absolute Gasteiger partial charge is 0.337 e. The Morgan fingerprint density at radius 3 is 2.67 bits per heavy atom. The number of aromatic nitrogens is 2. The summed E-state index contributed by atoms with van der Waals surface area (Å²) < 4.78 is 1.67. The number of carboxylic acid groups (broad SMARTS) is 1. The van der Waals surface area contributed by atoms with E-state index in [9.17, 15) is 14.7 Å². The van der Waals surface area contributed by atoms with Gasteiger partial charge in [0.05, 0.1) is 16.6 Å². The molecule has 0 atom stereocenters. The molecule has 1 saturated carbocycles. The minimum absolute atomic E-state index is 0.106. The molecule has 0 radical (unpaired) electrons. The van der Waals surface area contributed by atoms with Crippen LogP contribution in [0.25, 0.3) is 11.0 Å². The Bertz CT molecular complexity index is 721. The molecule has 2 N–H and O–H groups in total. The van der Waals surface area contributed by atoms with Crippen LogP contribution in [0.4, 0.5) is 0 Å². The summed E-state index contributed by atoms with van der Waals surface area (Å²) in [6, 6.07) is 5.10. The Morgan fingerprint density at radius 2 is 2.05 bits per heavy atom. The maximum Gasteiger partial charge on any atom is 0.337 e. The van der Waals surface area contributed by atoms with Crippen LogP contribution in [0, 0.1) is 5.92 Å². The van der Waals surface area contributed by atoms with Crippen molar-refractivity contribution in [2.45, 2.75) is 45.1 Å². The zero-order valence-electron chi connectivity index (χ0n) is 12.1. The third-order valence-electron chi connectivity index (χ3n) is 4.73. The SMILES string of the molecule is CCC1CCC(n2c(=O)[nH]c3cccc(C(=O)O)c32)CC1. The molecule has 1 fully saturated rings. The summed E-state index contributed by atoms with van der Waals surface area (Å²) in [6.45, 7) is 2.20. The van der Waals surface area contributed by atoms with Gasteiger partial charge in [0.15, 0.2) is 0 Å². The maximum absolute atomic E-state index is 12.3. The highest BCUT2D eigenvalue weighted by Crippen LogP contribution is 2.34. The van der Waals surface area contributed by atoms with E-state index in [1.807, 2.05) is 0 Å². The second-order valence-electron chi connectivity index (χ2n) is 5.89. The second kappa shape index (κ2) is 5.39. The number of carboxylic acids is 1. The summed E-state index contributed by atoms with van der Waals surface area (Å²) in [4.78, 5) is 26.5. The van der Waals surface area contributed by atoms with Gasteiger partial charge in [-0.3, -0.25) is 4.57 Å². The molecule has 21 heavy (non-hydrogen) atoms. The molecule has 0 bridgehead atoms. The number of aromatic carboxylic acids is 1. The van der Waals surface area contributed by atoms with Crippen molar-refractivity contribution in [3.05, 3.63) is 34.2 Å². The van der Waals surface area contributed by atoms with Gasteiger partial charge in [-0.2, -0.15) is 0 Å². The molecular weight excluding hydrogens is 268 g/mol. The molecule has 0 spiro atoms. The number of benzene rings is 1. The summed E-state index contributed by atoms with van der Waals surface area (Å²) in [5.74, 6) is -0.253. The largest absolute Gasteiger partial charge is 0.478 e. The maximum atomic E-state index is 12.3. The Balaban J connectivity index is 2.08. The molecule has 0 amide bonds. The fraction of sp³-hybridized carbons (Fsp3) is 0.500. The van der Waals surface area contributed by atoms with Crippen molar-refractivity contribution < 1.29 is 9.90 Å². The highest BCUT2D eigenvalue weighted by molar-refractivity contribution is 6.01. The molecular formula is C16H20N2O3. The van der Waals surface area contributed by atoms with Crippen molar-refractivity contribution in [1.82, 2.24) is 9.55 Å². The fourth-order valence-electron chi connectivity index (χ4n) is 3.51. The number of hydrogen-bond acceptors (Lipinski definition) is 2. The van der Waals surface area contributed by atoms with Gasteiger partial charge >= 0.3 is 11.7 Å². The Labute approximate surface area is 122 Å². The van der Waals surface area contributed by atoms with Gasteiger partial charge in [0.25, 0.3) is 0 Å². The number of imidazole rings is 1. The zero-order chi connectivity index (χ0) is 15.0. The first-order valence-electron chi connectivity index (χ1n) is 7.58. The van der Waals surface area contributed by atoms with Crippen molar-refractivity contribution in [2.24, 2.45) is 5.92 Å². The Kier molecular flexibility index (Phi) is 3.57. The van der Waals surface area contributed by atoms with Gasteiger partial charge in [0.2, 0.25) is 0 Å². The second-order valence-corrected chi connectivity index (χ2v) is 5.89. The minimum atomic E-state index is -0.990. The summed E-state index contributed by atoms with van der Waals surface area (Å²) in [5.41, 5.74) is 1.15. The monoisotopic (exact) mass is 288 g/mol. The third kappa shape index (κ3) is 2.37. The fourth-order valence-corrected chi connectivity index (χ4v) is 3.51. The lowest BCUT2D eigenvalue weighted by Gasteiger charge is -2.28. The van der Waals surface area contributed by atoms with E-state index in [1.54, 1.807) is 22.8 Å². The molecule has 1 aliphatic rings. The van der Waals surface area contributed by atoms with Crippen molar-refractivity contribution >= 4 is 17.0 Å². The van der Waals surface area contributed by atoms with Crippen LogP contribution in [0.15, 0.2) is 23.0 Å². The lowest BCUT2D eigenvalue weighted by Crippen LogP contribution is -2.26. The predicted molar refractivity (Wildman–Crippen MR) is 80.8 cm³/mol. The molecule has 5 nitrogen and oxygen atoms in total. The standard InChI is InChI=1S/C16H20N2O3/c1-2-10-6-8-11(9-7-10)18-14-12(15(19)20)4-3-5-13(14)17-16(18)21/h3-5,10-11H,2,6-9H2,1H3,(H,17,21)(H,19,20). The zero-order valence-corrected chi connectivity index (χ0v) is 12.1. The number of para-hydroxylation sites is 1. The average Bonchev–Trinajstić information content (AvgIpc) is 2.83. The minimum Gasteiger partial charge on any atom is -0.478 e. The van der Waals surface area contributed by atoms with E-state index in [2.05, 4.69) is 11.9 Å². The highest BCUT2D eigenvalue weighted by atomic mass is 16.4. The molecule has 0 unspecified atom stereocenters. The average molecular weight is 288 g/mol. The number of nitrogens with one attached hydrogen (secondary N) is 1. The topological polar surface area (TPSA) is 75.1 Å². The molecule has 3 rings (SSSR count). The van der Waals surface area contributed by atoms with E-state index in [0.29, 0.717) is 11.0 Å². The first kappa shape index (κ1) is 13.9. The van der Waals surface area contributed by atoms with E-state index < -0.39 is 5.97 Å². The number of hydrogen-bond donors (Lipinski definition) is 2. The molecule has 2 aromatic rings. The number of rotatable bonds is 3. The van der Waals surface area contributed by atoms with E-state index in [4.69, 9.17) is 0 Å². The lowest BCUT2D eigenvalue weighted by molar-refractivity contribution is 0.0698. The van der Waals surface area contributed by atoms with Crippen LogP contribution in [0.1, 0.15) is 55.4 Å². The highest BCUT2D eigenvalue weighted by Gasteiger charge is 2.25. The molecule has 1 aromatic heterocycles. The number of carbonyl (C=O) groups is 1. The first-order chi connectivity index (χ1) is 10.1. The number of fused-ring (bicyclic) bond motifs is 1. The van der Waals surface area contributed by atoms with E-state index in [-0.39, 0.29) is 17.3 Å². The van der Waals surface area contributed by atoms with E-state index in [0.717, 1.165) is 31.6 Å². The van der Waals surface area contributed by atoms with Gasteiger partial charge in [-0.05, 0) is 43.7 Å². The summed E-state index contributed by atoms with van der Waals surface area (Å²) in [6.07, 6.45) is 5.28. The van der Waals surface area contributed by atoms with Crippen molar-refractivity contribution in [2.75, 3.05) is 0 Å². The molecule has 0 saturated heterocycles. The molecule has 1 heterocycles. The predicted octanol–water partition coefficient (Wildman–Crippen LogP) is 3.17. The van der Waals surface area contributed by atoms with Crippen LogP contribution in [0.3, 0.4) is 0 Å². The van der Waals surface area contributed by atoms with E-state index >= 15 is 0 Å². The van der Waals surface area contributed by atoms with Gasteiger partial charge in [-0.1, -0.05) is 19.4 Å². The molecule has 1 aromatic carbocycles. The van der Waals surface area contributed by atoms with Crippen LogP contribution < -0.4 is 5.69 Å². The van der Waals surface area contributed by atoms with E-state index in [1.165, 1.54) is 6.42 Å². The molecule has 5 heteroatoms. The van der Waals surface area contributed by atoms with Crippen molar-refractivity contribution in [3.8, 4) is 0 Å². The normalized spacial score (nSPS) is 22.5. The van der Waals surface area contributed by atoms with Crippen LogP contribution in [-0.4, -0.2) is 20.6 Å². The van der Waals surface area contributed by atoms with Crippen LogP contribution >= 0.6 is 0 Å². The van der Waals surface area contributed by atoms with Crippen molar-refractivity contribution in [1.29, 1.82) is 0 Å². The van der Waals surface area contributed by atoms with Crippen LogP contribution in [0.2, 0.25) is 0 Å². The number of nitrogens with zero attached hydrogens (tertiary/aromatic N) is 1. The summed E-state index contributed by atoms with van der Waals surface area (Å²) in [5, 5.41) is 9.37. The van der Waals surface area contributed by atoms with Gasteiger partial charge < -0.3 is 10.1 Å². The number of H-pyrrole nitrogens is 1. The van der Waals surface area contributed by atoms with Gasteiger partial charge in [0, 0.05) is 6.04 Å². The van der Waals surface area contributed by atoms with Gasteiger partial charge in [-0.25, -0.2) is 9.59 Å². The molecule has 112 valence electrons. The summed E-state index contributed by atoms with van der Waals surface area (Å²) >= 11 is 0.